The number of nitrogens with zero attached hydrogens (tertiary/aromatic N) is 2. The number of rotatable bonds is 12. The Morgan fingerprint density at radius 1 is 0.860 bits per heavy atom. The number of hydrogen-bond acceptors (Lipinski definition) is 10. The minimum Gasteiger partial charge on any atom is -0.458 e. The van der Waals surface area contributed by atoms with Crippen LogP contribution in [0.2, 0.25) is 0 Å². The number of hydroxylamine groups is 2. The third-order valence-corrected chi connectivity index (χ3v) is 11.1. The van der Waals surface area contributed by atoms with E-state index in [1.54, 1.807) is 44.4 Å². The van der Waals surface area contributed by atoms with E-state index in [1.807, 2.05) is 84.9 Å². The molecule has 4 fully saturated rings. The molecule has 4 aromatic carbocycles. The van der Waals surface area contributed by atoms with Gasteiger partial charge < -0.3 is 34.9 Å². The fourth-order valence-electron chi connectivity index (χ4n) is 8.36. The van der Waals surface area contributed by atoms with Gasteiger partial charge in [0, 0.05) is 56.4 Å². The van der Waals surface area contributed by atoms with E-state index in [2.05, 4.69) is 10.6 Å². The van der Waals surface area contributed by atoms with Crippen LogP contribution in [0.3, 0.4) is 0 Å². The van der Waals surface area contributed by atoms with Gasteiger partial charge in [-0.2, -0.15) is 5.06 Å². The number of likely N-dealkylation sites (N-methyl/N-ethyl adjacent to an activating group) is 1. The highest BCUT2D eigenvalue weighted by Gasteiger charge is 2.76. The third kappa shape index (κ3) is 7.02. The van der Waals surface area contributed by atoms with Crippen LogP contribution >= 0.6 is 0 Å². The minimum absolute atomic E-state index is 0.0651. The number of benzene rings is 4. The molecule has 0 aromatic heterocycles. The van der Waals surface area contributed by atoms with E-state index in [1.165, 1.54) is 16.0 Å². The third-order valence-electron chi connectivity index (χ3n) is 11.1. The maximum Gasteiger partial charge on any atom is 0.327 e. The summed E-state index contributed by atoms with van der Waals surface area (Å²) in [7, 11) is 3.37. The molecule has 0 spiro atoms. The van der Waals surface area contributed by atoms with Crippen LogP contribution in [0.25, 0.3) is 6.08 Å². The van der Waals surface area contributed by atoms with E-state index in [0.29, 0.717) is 11.1 Å². The van der Waals surface area contributed by atoms with Gasteiger partial charge in [-0.3, -0.25) is 24.0 Å². The average molecular weight is 773 g/mol. The molecule has 3 amide bonds. The van der Waals surface area contributed by atoms with Gasteiger partial charge in [-0.15, -0.1) is 0 Å². The van der Waals surface area contributed by atoms with Crippen molar-refractivity contribution in [1.82, 2.24) is 20.6 Å². The van der Waals surface area contributed by atoms with Crippen molar-refractivity contribution in [3.63, 3.8) is 0 Å². The van der Waals surface area contributed by atoms with Crippen molar-refractivity contribution >= 4 is 29.8 Å². The van der Waals surface area contributed by atoms with Gasteiger partial charge in [0.1, 0.15) is 29.8 Å². The first-order valence-corrected chi connectivity index (χ1v) is 19.0. The van der Waals surface area contributed by atoms with E-state index >= 15 is 0 Å². The number of carbonyl (C=O) groups is 4. The lowest BCUT2D eigenvalue weighted by Gasteiger charge is -2.48. The van der Waals surface area contributed by atoms with Crippen molar-refractivity contribution in [2.75, 3.05) is 27.2 Å². The highest BCUT2D eigenvalue weighted by Crippen LogP contribution is 2.59. The first kappa shape index (κ1) is 38.2. The molecule has 57 heavy (non-hydrogen) atoms. The molecule has 0 radical (unpaired) electrons. The largest absolute Gasteiger partial charge is 0.458 e. The van der Waals surface area contributed by atoms with Gasteiger partial charge in [0.15, 0.2) is 6.04 Å². The van der Waals surface area contributed by atoms with Gasteiger partial charge in [-0.25, -0.2) is 0 Å². The van der Waals surface area contributed by atoms with E-state index < -0.39 is 53.5 Å². The van der Waals surface area contributed by atoms with Gasteiger partial charge in [-0.1, -0.05) is 97.1 Å². The fraction of sp³-hybridized carbons (Fsp3) is 0.318. The molecule has 3 saturated heterocycles. The molecular formula is C44H44N4O9. The number of aliphatic hydroxyl groups is 1. The second-order valence-electron chi connectivity index (χ2n) is 14.9. The summed E-state index contributed by atoms with van der Waals surface area (Å²) in [5, 5.41) is 16.4. The number of aliphatic hydroxyl groups excluding tert-OH is 1. The van der Waals surface area contributed by atoms with Gasteiger partial charge in [0.2, 0.25) is 17.6 Å². The molecule has 13 heteroatoms. The van der Waals surface area contributed by atoms with Crippen LogP contribution in [-0.2, 0) is 52.3 Å². The first-order valence-electron chi connectivity index (χ1n) is 19.0. The molecular weight excluding hydrogens is 729 g/mol. The molecule has 13 nitrogen and oxygen atoms in total. The summed E-state index contributed by atoms with van der Waals surface area (Å²) in [5.74, 6) is -2.89. The SMILES string of the molecule is CN(C)C(=O)C=Cc1ccc(CN2O[C@@H]3[C@H]4OC(c5ccccc5)(c5ccccc5)O[C@H]4[C@@H]4C[C@]3(C(=O)NCc3cccc(C(=O)NCCO)c3)[C@@H]2C(=O)O4)cc1. The quantitative estimate of drug-likeness (QED) is 0.144. The van der Waals surface area contributed by atoms with Crippen molar-refractivity contribution in [3.8, 4) is 0 Å². The molecule has 1 aliphatic carbocycles. The topological polar surface area (TPSA) is 156 Å². The lowest BCUT2D eigenvalue weighted by molar-refractivity contribution is -0.213. The molecule has 3 heterocycles. The summed E-state index contributed by atoms with van der Waals surface area (Å²) >= 11 is 0. The van der Waals surface area contributed by atoms with Crippen molar-refractivity contribution < 1.29 is 43.3 Å². The number of nitrogens with one attached hydrogen (secondary N) is 2. The Kier molecular flexibility index (Phi) is 10.5. The smallest absolute Gasteiger partial charge is 0.327 e. The number of amides is 3. The minimum atomic E-state index is -1.45. The monoisotopic (exact) mass is 772 g/mol. The van der Waals surface area contributed by atoms with Crippen molar-refractivity contribution in [2.45, 2.75) is 55.8 Å². The highest BCUT2D eigenvalue weighted by atomic mass is 16.8. The second-order valence-corrected chi connectivity index (χ2v) is 14.9. The van der Waals surface area contributed by atoms with Gasteiger partial charge in [0.25, 0.3) is 5.91 Å². The van der Waals surface area contributed by atoms with Crippen molar-refractivity contribution in [2.24, 2.45) is 5.41 Å². The van der Waals surface area contributed by atoms with Crippen LogP contribution in [0, 0.1) is 5.41 Å². The molecule has 2 bridgehead atoms. The van der Waals surface area contributed by atoms with Crippen LogP contribution in [0.15, 0.2) is 115 Å². The molecule has 6 atom stereocenters. The van der Waals surface area contributed by atoms with Crippen molar-refractivity contribution in [1.29, 1.82) is 0 Å². The van der Waals surface area contributed by atoms with Crippen LogP contribution < -0.4 is 10.6 Å². The molecule has 4 aliphatic rings. The molecule has 8 rings (SSSR count). The Morgan fingerprint density at radius 2 is 1.54 bits per heavy atom. The molecule has 294 valence electrons. The fourth-order valence-corrected chi connectivity index (χ4v) is 8.36. The predicted octanol–water partition coefficient (Wildman–Crippen LogP) is 3.31. The van der Waals surface area contributed by atoms with E-state index in [-0.39, 0.29) is 44.5 Å². The molecule has 3 N–H and O–H groups in total. The number of carbonyl (C=O) groups excluding carboxylic acids is 4. The van der Waals surface area contributed by atoms with Crippen LogP contribution in [0.5, 0.6) is 0 Å². The normalized spacial score (nSPS) is 25.7. The summed E-state index contributed by atoms with van der Waals surface area (Å²) < 4.78 is 20.2. The number of fused-ring (bicyclic) bond motifs is 4. The van der Waals surface area contributed by atoms with E-state index in [9.17, 15) is 19.2 Å². The molecule has 1 saturated carbocycles. The molecule has 3 aliphatic heterocycles. The van der Waals surface area contributed by atoms with E-state index in [0.717, 1.165) is 22.3 Å². The molecule has 0 unspecified atom stereocenters. The van der Waals surface area contributed by atoms with Gasteiger partial charge >= 0.3 is 5.97 Å². The van der Waals surface area contributed by atoms with Crippen LogP contribution in [-0.4, -0.2) is 96.5 Å². The predicted molar refractivity (Wildman–Crippen MR) is 206 cm³/mol. The van der Waals surface area contributed by atoms with Gasteiger partial charge in [0.05, 0.1) is 13.2 Å². The molecule has 4 aromatic rings. The van der Waals surface area contributed by atoms with Gasteiger partial charge in [-0.05, 0) is 34.9 Å². The summed E-state index contributed by atoms with van der Waals surface area (Å²) in [6.45, 7) is 0.129. The van der Waals surface area contributed by atoms with Crippen LogP contribution in [0.4, 0.5) is 0 Å². The zero-order chi connectivity index (χ0) is 39.7. The highest BCUT2D eigenvalue weighted by molar-refractivity contribution is 5.95. The number of ether oxygens (including phenoxy) is 3. The maximum atomic E-state index is 14.9. The Bertz CT molecular complexity index is 2120. The van der Waals surface area contributed by atoms with Crippen LogP contribution in [0.1, 0.15) is 44.6 Å². The first-order chi connectivity index (χ1) is 27.6. The lowest BCUT2D eigenvalue weighted by Crippen LogP contribution is -2.69. The summed E-state index contributed by atoms with van der Waals surface area (Å²) in [6, 6.07) is 32.3. The Balaban J connectivity index is 1.14. The number of esters is 1. The average Bonchev–Trinajstić information content (AvgIpc) is 3.82. The zero-order valence-electron chi connectivity index (χ0n) is 31.6. The Morgan fingerprint density at radius 3 is 2.21 bits per heavy atom. The Hall–Kier alpha value is -5.70. The lowest BCUT2D eigenvalue weighted by atomic mass is 9.62. The second kappa shape index (κ2) is 15.7. The van der Waals surface area contributed by atoms with Crippen molar-refractivity contribution in [3.05, 3.63) is 149 Å². The summed E-state index contributed by atoms with van der Waals surface area (Å²) in [5.41, 5.74) is 2.69. The summed E-state index contributed by atoms with van der Waals surface area (Å²) in [4.78, 5) is 62.2. The zero-order valence-corrected chi connectivity index (χ0v) is 31.6. The maximum absolute atomic E-state index is 14.9. The summed E-state index contributed by atoms with van der Waals surface area (Å²) in [6.07, 6.45) is -0.0526. The Labute approximate surface area is 330 Å². The number of hydrogen-bond donors (Lipinski definition) is 3. The standard InChI is InChI=1S/C44H44N4O9/c1-47(2)35(50)21-20-28-16-18-29(19-17-28)27-48-38-41(52)54-34-25-43(38,42(53)46-26-30-10-9-11-31(24-30)40(51)45-22-23-49)39(57-48)37-36(34)55-44(56-37,32-12-5-3-6-13-32)33-14-7-4-8-15-33/h3-21,24,34,36-39,49H,22-23,25-27H2,1-2H3,(H,45,51)(H,46,53)/t34-,36-,37-,38-,39+,43-/m0/s1. The van der Waals surface area contributed by atoms with E-state index in [4.69, 9.17) is 24.2 Å².